The van der Waals surface area contributed by atoms with Crippen LogP contribution in [0, 0.1) is 0 Å². The summed E-state index contributed by atoms with van der Waals surface area (Å²) in [5, 5.41) is 5.84. The summed E-state index contributed by atoms with van der Waals surface area (Å²) in [5.74, 6) is 0. The van der Waals surface area contributed by atoms with Gasteiger partial charge in [0.1, 0.15) is 11.2 Å². The van der Waals surface area contributed by atoms with E-state index in [1.165, 1.54) is 42.4 Å². The van der Waals surface area contributed by atoms with Gasteiger partial charge in [0.05, 0.1) is 22.2 Å². The lowest BCUT2D eigenvalue weighted by Crippen LogP contribution is -2.27. The summed E-state index contributed by atoms with van der Waals surface area (Å²) in [6.07, 6.45) is 0. The number of hydrogen-bond acceptors (Lipinski definition) is 4. The Hall–Kier alpha value is -7.60. The summed E-state index contributed by atoms with van der Waals surface area (Å²) in [6, 6.07) is 72.5. The van der Waals surface area contributed by atoms with Crippen LogP contribution in [-0.4, -0.2) is 0 Å². The molecule has 2 aromatic heterocycles. The summed E-state index contributed by atoms with van der Waals surface area (Å²) in [4.78, 5) is 4.98. The van der Waals surface area contributed by atoms with E-state index in [1.54, 1.807) is 0 Å². The number of hydrogen-bond donors (Lipinski definition) is 0. The van der Waals surface area contributed by atoms with Gasteiger partial charge in [0, 0.05) is 69.5 Å². The number of benzene rings is 10. The molecule has 0 N–H and O–H groups in total. The normalized spacial score (nSPS) is 13.6. The molecule has 420 valence electrons. The highest BCUT2D eigenvalue weighted by Crippen LogP contribution is 2.69. The Morgan fingerprint density at radius 2 is 0.774 bits per heavy atom. The number of thiophene rings is 1. The van der Waals surface area contributed by atoms with E-state index >= 15 is 0 Å². The zero-order chi connectivity index (χ0) is 57.9. The number of para-hydroxylation sites is 1. The van der Waals surface area contributed by atoms with E-state index < -0.39 is 5.41 Å². The molecule has 3 nitrogen and oxygen atoms in total. The predicted octanol–water partition coefficient (Wildman–Crippen LogP) is 24.4. The minimum atomic E-state index is -0.943. The average Bonchev–Trinajstić information content (AvgIpc) is 1.49. The molecule has 12 aromatic rings. The van der Waals surface area contributed by atoms with Crippen LogP contribution in [-0.2, 0) is 27.1 Å². The Morgan fingerprint density at radius 3 is 1.20 bits per heavy atom. The van der Waals surface area contributed by atoms with Crippen LogP contribution in [0.4, 0.5) is 34.1 Å². The van der Waals surface area contributed by atoms with Crippen molar-refractivity contribution in [2.24, 2.45) is 0 Å². The van der Waals surface area contributed by atoms with Crippen LogP contribution in [0.1, 0.15) is 135 Å². The monoisotopic (exact) mass is 1150 g/mol. The number of nitrogens with zero attached hydrogens (tertiary/aromatic N) is 2. The van der Waals surface area contributed by atoms with Crippen LogP contribution in [0.25, 0.3) is 64.4 Å². The number of fused-ring (bicyclic) bond motifs is 18. The van der Waals surface area contributed by atoms with Gasteiger partial charge in [-0.15, -0.1) is 11.3 Å². The molecular weight excluding hydrogens is 1080 g/mol. The summed E-state index contributed by atoms with van der Waals surface area (Å²) in [6.45, 7) is 27.4. The van der Waals surface area contributed by atoms with Crippen LogP contribution >= 0.6 is 34.5 Å². The average molecular weight is 1160 g/mol. The Bertz CT molecular complexity index is 4180. The van der Waals surface area contributed by atoms with E-state index in [0.29, 0.717) is 10.0 Å². The summed E-state index contributed by atoms with van der Waals surface area (Å²) >= 11 is 16.7. The van der Waals surface area contributed by atoms with Crippen molar-refractivity contribution < 1.29 is 4.42 Å². The van der Waals surface area contributed by atoms with Gasteiger partial charge in [0.25, 0.3) is 0 Å². The maximum atomic E-state index is 7.60. The second-order valence-corrected chi connectivity index (χ2v) is 29.2. The molecule has 10 aromatic carbocycles. The number of rotatable bonds is 6. The molecule has 2 aliphatic carbocycles. The molecule has 0 atom stereocenters. The van der Waals surface area contributed by atoms with E-state index in [4.69, 9.17) is 27.6 Å². The lowest BCUT2D eigenvalue weighted by Gasteiger charge is -2.34. The zero-order valence-electron chi connectivity index (χ0n) is 49.4. The standard InChI is InChI=1S/C77H68Cl2N2OS.CH4/c1-73(2,3)45-21-31-51(32-22-45)80(52-33-23-46(24-34-52)74(4,5)6)63-43-61-69(71-67(63)57-17-13-15-19-65(57)82-71)70-62(77(61)59-41-49(78)29-39-55(59)56-40-30-50(79)42-60(56)77)44-64(68-58-18-14-16-20-66(58)83-72(68)70)81(53-35-25-47(26-36-53)75(7,8)9)54-37-27-48(28-38-54)76(10,11)12;/h13-44H,1-12H3;1H4. The molecule has 0 radical (unpaired) electrons. The lowest BCUT2D eigenvalue weighted by molar-refractivity contribution is 0.590. The molecule has 2 aliphatic rings. The van der Waals surface area contributed by atoms with E-state index in [2.05, 4.69) is 275 Å². The van der Waals surface area contributed by atoms with E-state index in [-0.39, 0.29) is 29.1 Å². The fourth-order valence-electron chi connectivity index (χ4n) is 13.5. The molecule has 0 saturated heterocycles. The first-order valence-corrected chi connectivity index (χ1v) is 30.7. The number of anilines is 6. The van der Waals surface area contributed by atoms with Gasteiger partial charge < -0.3 is 14.2 Å². The third-order valence-electron chi connectivity index (χ3n) is 17.8. The maximum absolute atomic E-state index is 7.60. The van der Waals surface area contributed by atoms with Crippen LogP contribution in [0.15, 0.2) is 199 Å². The smallest absolute Gasteiger partial charge is 0.145 e. The molecular formula is C78H72Cl2N2OS. The molecule has 14 rings (SSSR count). The van der Waals surface area contributed by atoms with E-state index in [9.17, 15) is 0 Å². The Morgan fingerprint density at radius 1 is 0.393 bits per heavy atom. The third kappa shape index (κ3) is 8.56. The summed E-state index contributed by atoms with van der Waals surface area (Å²) < 4.78 is 10.0. The first-order valence-electron chi connectivity index (χ1n) is 29.1. The lowest BCUT2D eigenvalue weighted by atomic mass is 9.70. The highest BCUT2D eigenvalue weighted by Gasteiger charge is 2.55. The minimum Gasteiger partial charge on any atom is -0.455 e. The second kappa shape index (κ2) is 19.5. The van der Waals surface area contributed by atoms with Crippen LogP contribution in [0.3, 0.4) is 0 Å². The minimum absolute atomic E-state index is 0. The van der Waals surface area contributed by atoms with Gasteiger partial charge in [-0.2, -0.15) is 0 Å². The largest absolute Gasteiger partial charge is 0.455 e. The first-order chi connectivity index (χ1) is 39.5. The predicted molar refractivity (Wildman–Crippen MR) is 364 cm³/mol. The van der Waals surface area contributed by atoms with Gasteiger partial charge in [-0.25, -0.2) is 0 Å². The molecule has 0 fully saturated rings. The van der Waals surface area contributed by atoms with Gasteiger partial charge >= 0.3 is 0 Å². The maximum Gasteiger partial charge on any atom is 0.145 e. The van der Waals surface area contributed by atoms with Crippen molar-refractivity contribution in [3.63, 3.8) is 0 Å². The van der Waals surface area contributed by atoms with Crippen molar-refractivity contribution in [1.82, 2.24) is 0 Å². The molecule has 0 aliphatic heterocycles. The fraction of sp³-hybridized carbons (Fsp3) is 0.231. The topological polar surface area (TPSA) is 19.6 Å². The molecule has 0 bridgehead atoms. The molecule has 6 heteroatoms. The molecule has 0 saturated carbocycles. The van der Waals surface area contributed by atoms with Crippen molar-refractivity contribution in [2.45, 2.75) is 118 Å². The van der Waals surface area contributed by atoms with E-state index in [0.717, 1.165) is 101 Å². The van der Waals surface area contributed by atoms with Crippen molar-refractivity contribution >= 4 is 111 Å². The SMILES string of the molecule is C.CC(C)(C)c1ccc(N(c2ccc(C(C)(C)C)cc2)c2cc3c(c4oc5ccccc5c24)-c2c(cc(N(c4ccc(C(C)(C)C)cc4)c4ccc(C(C)(C)C)cc4)c4c2sc2ccccc24)C32c3cc(Cl)ccc3-c3ccc(Cl)cc32)cc1. The van der Waals surface area contributed by atoms with Gasteiger partial charge in [-0.3, -0.25) is 0 Å². The highest BCUT2D eigenvalue weighted by molar-refractivity contribution is 7.26. The first kappa shape index (κ1) is 55.6. The molecule has 0 unspecified atom stereocenters. The molecule has 1 spiro atoms. The molecule has 2 heterocycles. The fourth-order valence-corrected chi connectivity index (χ4v) is 15.1. The third-order valence-corrected chi connectivity index (χ3v) is 19.5. The Labute approximate surface area is 510 Å². The van der Waals surface area contributed by atoms with Crippen molar-refractivity contribution in [3.8, 4) is 22.3 Å². The highest BCUT2D eigenvalue weighted by atomic mass is 35.5. The van der Waals surface area contributed by atoms with Gasteiger partial charge in [-0.1, -0.05) is 211 Å². The van der Waals surface area contributed by atoms with Gasteiger partial charge in [0.15, 0.2) is 0 Å². The van der Waals surface area contributed by atoms with Gasteiger partial charge in [0.2, 0.25) is 0 Å². The van der Waals surface area contributed by atoms with Crippen molar-refractivity contribution in [2.75, 3.05) is 9.80 Å². The summed E-state index contributed by atoms with van der Waals surface area (Å²) in [5.41, 5.74) is 21.1. The van der Waals surface area contributed by atoms with Crippen LogP contribution < -0.4 is 9.80 Å². The quantitative estimate of drug-likeness (QED) is 0.165. The van der Waals surface area contributed by atoms with Crippen LogP contribution in [0.2, 0.25) is 10.0 Å². The van der Waals surface area contributed by atoms with Crippen LogP contribution in [0.5, 0.6) is 0 Å². The molecule has 0 amide bonds. The van der Waals surface area contributed by atoms with Crippen molar-refractivity contribution in [3.05, 3.63) is 249 Å². The van der Waals surface area contributed by atoms with Gasteiger partial charge in [-0.05, 0) is 174 Å². The van der Waals surface area contributed by atoms with E-state index in [1.807, 2.05) is 23.5 Å². The molecule has 84 heavy (non-hydrogen) atoms. The Balaban J connectivity index is 0.00000658. The number of furan rings is 1. The summed E-state index contributed by atoms with van der Waals surface area (Å²) in [7, 11) is 0. The second-order valence-electron chi connectivity index (χ2n) is 27.2. The zero-order valence-corrected chi connectivity index (χ0v) is 51.8. The Kier molecular flexibility index (Phi) is 12.9. The number of halogens is 2. The van der Waals surface area contributed by atoms with Crippen molar-refractivity contribution in [1.29, 1.82) is 0 Å².